The lowest BCUT2D eigenvalue weighted by atomic mass is 10.2. The summed E-state index contributed by atoms with van der Waals surface area (Å²) < 4.78 is 5.84. The molecule has 1 amide bonds. The highest BCUT2D eigenvalue weighted by atomic mass is 32.1. The van der Waals surface area contributed by atoms with E-state index in [1.807, 2.05) is 5.38 Å². The third kappa shape index (κ3) is 3.36. The van der Waals surface area contributed by atoms with Crippen molar-refractivity contribution in [1.29, 1.82) is 0 Å². The Hall–Kier alpha value is -1.89. The third-order valence-electron chi connectivity index (χ3n) is 2.46. The van der Waals surface area contributed by atoms with Crippen molar-refractivity contribution in [2.75, 3.05) is 7.05 Å². The van der Waals surface area contributed by atoms with Crippen LogP contribution in [0.15, 0.2) is 16.2 Å². The van der Waals surface area contributed by atoms with Gasteiger partial charge in [0.05, 0.1) is 12.1 Å². The van der Waals surface area contributed by atoms with Crippen LogP contribution in [0.5, 0.6) is 0 Å². The molecule has 2 aromatic rings. The van der Waals surface area contributed by atoms with Gasteiger partial charge in [-0.2, -0.15) is 0 Å². The van der Waals surface area contributed by atoms with E-state index in [4.69, 9.17) is 4.74 Å². The van der Waals surface area contributed by atoms with Crippen LogP contribution in [0.2, 0.25) is 0 Å². The number of carbonyl (C=O) groups is 1. The van der Waals surface area contributed by atoms with E-state index in [2.05, 4.69) is 9.97 Å². The first-order chi connectivity index (χ1) is 9.26. The standard InChI is InChI=1S/C13H17N3O3S/c1-13(2,3)19-12(18)16(4)7-9-14-8-5-6-20-10(8)11(17)15-9/h5-6H,7H2,1-4H3,(H,14,15,17). The van der Waals surface area contributed by atoms with Gasteiger partial charge < -0.3 is 14.6 Å². The molecule has 0 aliphatic heterocycles. The van der Waals surface area contributed by atoms with E-state index in [9.17, 15) is 9.59 Å². The van der Waals surface area contributed by atoms with E-state index >= 15 is 0 Å². The maximum Gasteiger partial charge on any atom is 0.410 e. The second-order valence-electron chi connectivity index (χ2n) is 5.48. The van der Waals surface area contributed by atoms with E-state index < -0.39 is 11.7 Å². The smallest absolute Gasteiger partial charge is 0.410 e. The van der Waals surface area contributed by atoms with E-state index in [0.717, 1.165) is 0 Å². The summed E-state index contributed by atoms with van der Waals surface area (Å²) in [5.74, 6) is 0.439. The van der Waals surface area contributed by atoms with Crippen LogP contribution < -0.4 is 5.56 Å². The average Bonchev–Trinajstić information content (AvgIpc) is 2.75. The number of carbonyl (C=O) groups excluding carboxylic acids is 1. The highest BCUT2D eigenvalue weighted by molar-refractivity contribution is 7.17. The van der Waals surface area contributed by atoms with Crippen molar-refractivity contribution < 1.29 is 9.53 Å². The van der Waals surface area contributed by atoms with Gasteiger partial charge in [0.25, 0.3) is 5.56 Å². The minimum atomic E-state index is -0.552. The molecule has 0 radical (unpaired) electrons. The largest absolute Gasteiger partial charge is 0.444 e. The van der Waals surface area contributed by atoms with Crippen molar-refractivity contribution >= 4 is 27.6 Å². The van der Waals surface area contributed by atoms with Gasteiger partial charge in [-0.25, -0.2) is 9.78 Å². The molecule has 0 aliphatic carbocycles. The molecule has 20 heavy (non-hydrogen) atoms. The lowest BCUT2D eigenvalue weighted by molar-refractivity contribution is 0.0281. The van der Waals surface area contributed by atoms with E-state index in [1.165, 1.54) is 16.2 Å². The molecule has 2 aromatic heterocycles. The molecule has 0 spiro atoms. The lowest BCUT2D eigenvalue weighted by Crippen LogP contribution is -2.34. The lowest BCUT2D eigenvalue weighted by Gasteiger charge is -2.24. The van der Waals surface area contributed by atoms with Crippen LogP contribution in [-0.2, 0) is 11.3 Å². The Morgan fingerprint density at radius 3 is 2.85 bits per heavy atom. The quantitative estimate of drug-likeness (QED) is 0.922. The number of rotatable bonds is 2. The SMILES string of the molecule is CN(Cc1nc2ccsc2c(=O)[nH]1)C(=O)OC(C)(C)C. The Morgan fingerprint density at radius 2 is 2.20 bits per heavy atom. The van der Waals surface area contributed by atoms with E-state index in [-0.39, 0.29) is 12.1 Å². The zero-order valence-corrected chi connectivity index (χ0v) is 12.7. The summed E-state index contributed by atoms with van der Waals surface area (Å²) in [5.41, 5.74) is -0.0901. The van der Waals surface area contributed by atoms with Crippen molar-refractivity contribution in [2.45, 2.75) is 32.9 Å². The minimum Gasteiger partial charge on any atom is -0.444 e. The number of nitrogens with zero attached hydrogens (tertiary/aromatic N) is 2. The number of hydrogen-bond donors (Lipinski definition) is 1. The van der Waals surface area contributed by atoms with E-state index in [1.54, 1.807) is 33.9 Å². The molecule has 7 heteroatoms. The zero-order valence-electron chi connectivity index (χ0n) is 11.9. The highest BCUT2D eigenvalue weighted by Gasteiger charge is 2.20. The number of nitrogens with one attached hydrogen (secondary N) is 1. The number of H-pyrrole nitrogens is 1. The molecule has 2 heterocycles. The summed E-state index contributed by atoms with van der Waals surface area (Å²) in [4.78, 5) is 32.0. The summed E-state index contributed by atoms with van der Waals surface area (Å²) >= 11 is 1.34. The van der Waals surface area contributed by atoms with Gasteiger partial charge in [0.15, 0.2) is 0 Å². The molecule has 2 rings (SSSR count). The van der Waals surface area contributed by atoms with Crippen LogP contribution in [0.1, 0.15) is 26.6 Å². The molecule has 0 saturated carbocycles. The first-order valence-corrected chi connectivity index (χ1v) is 7.05. The topological polar surface area (TPSA) is 75.3 Å². The predicted molar refractivity (Wildman–Crippen MR) is 77.9 cm³/mol. The van der Waals surface area contributed by atoms with Crippen LogP contribution in [0.25, 0.3) is 10.2 Å². The van der Waals surface area contributed by atoms with Crippen LogP contribution in [0.3, 0.4) is 0 Å². The monoisotopic (exact) mass is 295 g/mol. The van der Waals surface area contributed by atoms with E-state index in [0.29, 0.717) is 16.0 Å². The van der Waals surface area contributed by atoms with Crippen molar-refractivity contribution in [3.8, 4) is 0 Å². The van der Waals surface area contributed by atoms with Crippen LogP contribution in [-0.4, -0.2) is 33.6 Å². The summed E-state index contributed by atoms with van der Waals surface area (Å²) in [6.45, 7) is 5.60. The molecular weight excluding hydrogens is 278 g/mol. The summed E-state index contributed by atoms with van der Waals surface area (Å²) in [6, 6.07) is 1.78. The second-order valence-corrected chi connectivity index (χ2v) is 6.40. The fraction of sp³-hybridized carbons (Fsp3) is 0.462. The number of amides is 1. The number of aromatic nitrogens is 2. The number of fused-ring (bicyclic) bond motifs is 1. The average molecular weight is 295 g/mol. The highest BCUT2D eigenvalue weighted by Crippen LogP contribution is 2.14. The predicted octanol–water partition coefficient (Wildman–Crippen LogP) is 2.35. The molecule has 108 valence electrons. The van der Waals surface area contributed by atoms with Crippen LogP contribution in [0, 0.1) is 0 Å². The van der Waals surface area contributed by atoms with Crippen molar-refractivity contribution in [2.24, 2.45) is 0 Å². The molecular formula is C13H17N3O3S. The Bertz CT molecular complexity index is 684. The Kier molecular flexibility index (Phi) is 3.80. The third-order valence-corrected chi connectivity index (χ3v) is 3.36. The number of aromatic amines is 1. The molecule has 0 aliphatic rings. The molecule has 1 N–H and O–H groups in total. The Morgan fingerprint density at radius 1 is 1.50 bits per heavy atom. The number of hydrogen-bond acceptors (Lipinski definition) is 5. The van der Waals surface area contributed by atoms with Crippen molar-refractivity contribution in [3.05, 3.63) is 27.6 Å². The maximum atomic E-state index is 11.8. The fourth-order valence-corrected chi connectivity index (χ4v) is 2.35. The molecule has 0 atom stereocenters. The van der Waals surface area contributed by atoms with Gasteiger partial charge in [-0.15, -0.1) is 11.3 Å². The van der Waals surface area contributed by atoms with Gasteiger partial charge in [0, 0.05) is 7.05 Å². The van der Waals surface area contributed by atoms with Gasteiger partial charge in [-0.05, 0) is 32.2 Å². The first-order valence-electron chi connectivity index (χ1n) is 6.17. The van der Waals surface area contributed by atoms with Gasteiger partial charge >= 0.3 is 6.09 Å². The Labute approximate surface area is 120 Å². The summed E-state index contributed by atoms with van der Waals surface area (Å²) in [5, 5.41) is 1.81. The van der Waals surface area contributed by atoms with Gasteiger partial charge in [-0.3, -0.25) is 4.79 Å². The molecule has 0 saturated heterocycles. The normalized spacial score (nSPS) is 11.6. The minimum absolute atomic E-state index is 0.183. The first kappa shape index (κ1) is 14.5. The van der Waals surface area contributed by atoms with Crippen LogP contribution >= 0.6 is 11.3 Å². The molecule has 0 aromatic carbocycles. The molecule has 6 nitrogen and oxygen atoms in total. The van der Waals surface area contributed by atoms with Crippen molar-refractivity contribution in [3.63, 3.8) is 0 Å². The zero-order chi connectivity index (χ0) is 14.9. The summed E-state index contributed by atoms with van der Waals surface area (Å²) in [6.07, 6.45) is -0.453. The second kappa shape index (κ2) is 5.24. The molecule has 0 bridgehead atoms. The van der Waals surface area contributed by atoms with Gasteiger partial charge in [0.2, 0.25) is 0 Å². The van der Waals surface area contributed by atoms with Crippen molar-refractivity contribution in [1.82, 2.24) is 14.9 Å². The maximum absolute atomic E-state index is 11.8. The molecule has 0 unspecified atom stereocenters. The van der Waals surface area contributed by atoms with Gasteiger partial charge in [-0.1, -0.05) is 0 Å². The fourth-order valence-electron chi connectivity index (χ4n) is 1.63. The van der Waals surface area contributed by atoms with Gasteiger partial charge in [0.1, 0.15) is 16.1 Å². The number of ether oxygens (including phenoxy) is 1. The van der Waals surface area contributed by atoms with Crippen LogP contribution in [0.4, 0.5) is 4.79 Å². The Balaban J connectivity index is 2.15. The molecule has 0 fully saturated rings. The summed E-state index contributed by atoms with van der Waals surface area (Å²) in [7, 11) is 1.60. The number of thiophene rings is 1.